The number of aliphatic hydroxyl groups excluding tert-OH is 1. The van der Waals surface area contributed by atoms with Gasteiger partial charge in [0.1, 0.15) is 0 Å². The summed E-state index contributed by atoms with van der Waals surface area (Å²) < 4.78 is 0. The van der Waals surface area contributed by atoms with Crippen molar-refractivity contribution in [3.63, 3.8) is 0 Å². The summed E-state index contributed by atoms with van der Waals surface area (Å²) in [4.78, 5) is 26.8. The van der Waals surface area contributed by atoms with Gasteiger partial charge in [0, 0.05) is 19.1 Å². The second-order valence-electron chi connectivity index (χ2n) is 6.08. The van der Waals surface area contributed by atoms with Gasteiger partial charge in [-0.25, -0.2) is 4.79 Å². The van der Waals surface area contributed by atoms with Crippen molar-refractivity contribution in [2.24, 2.45) is 5.92 Å². The van der Waals surface area contributed by atoms with E-state index in [4.69, 9.17) is 5.11 Å². The third-order valence-corrected chi connectivity index (χ3v) is 3.94. The van der Waals surface area contributed by atoms with Crippen LogP contribution in [0.5, 0.6) is 0 Å². The van der Waals surface area contributed by atoms with Crippen LogP contribution in [0.1, 0.15) is 12.8 Å². The van der Waals surface area contributed by atoms with Crippen molar-refractivity contribution < 1.29 is 19.8 Å². The second-order valence-corrected chi connectivity index (χ2v) is 6.08. The van der Waals surface area contributed by atoms with Crippen LogP contribution in [0.4, 0.5) is 4.79 Å². The maximum absolute atomic E-state index is 12.3. The van der Waals surface area contributed by atoms with E-state index in [2.05, 4.69) is 5.32 Å². The van der Waals surface area contributed by atoms with Crippen LogP contribution in [-0.2, 0) is 4.79 Å². The first-order valence-electron chi connectivity index (χ1n) is 7.18. The molecule has 7 nitrogen and oxygen atoms in total. The van der Waals surface area contributed by atoms with E-state index in [1.54, 1.807) is 17.1 Å². The highest BCUT2D eigenvalue weighted by Crippen LogP contribution is 2.21. The molecule has 1 heterocycles. The second kappa shape index (κ2) is 6.44. The van der Waals surface area contributed by atoms with Gasteiger partial charge in [-0.2, -0.15) is 0 Å². The zero-order valence-electron chi connectivity index (χ0n) is 12.4. The molecule has 1 aliphatic carbocycles. The zero-order valence-corrected chi connectivity index (χ0v) is 12.4. The molecule has 1 fully saturated rings. The molecule has 3 N–H and O–H groups in total. The molecule has 118 valence electrons. The van der Waals surface area contributed by atoms with Crippen molar-refractivity contribution in [1.29, 1.82) is 0 Å². The SMILES string of the molecule is CN(C)CC1CC(O)CN1C(=O)NC1C=CC(C(=O)O)C1. The number of likely N-dealkylation sites (N-methyl/N-ethyl adjacent to an activating group) is 1. The predicted molar refractivity (Wildman–Crippen MR) is 76.9 cm³/mol. The van der Waals surface area contributed by atoms with Crippen LogP contribution in [0.2, 0.25) is 0 Å². The Morgan fingerprint density at radius 3 is 2.62 bits per heavy atom. The molecule has 0 saturated carbocycles. The molecule has 4 atom stereocenters. The number of hydrogen-bond acceptors (Lipinski definition) is 4. The fourth-order valence-corrected chi connectivity index (χ4v) is 2.97. The minimum absolute atomic E-state index is 0.0179. The molecular weight excluding hydrogens is 274 g/mol. The minimum atomic E-state index is -0.870. The fraction of sp³-hybridized carbons (Fsp3) is 0.714. The summed E-state index contributed by atoms with van der Waals surface area (Å²) in [5.41, 5.74) is 0. The number of carboxylic acid groups (broad SMARTS) is 1. The molecule has 0 aromatic carbocycles. The van der Waals surface area contributed by atoms with Crippen molar-refractivity contribution in [2.75, 3.05) is 27.2 Å². The number of β-amino-alcohol motifs (C(OH)–C–C–N with tert-alkyl or cyclic N) is 1. The highest BCUT2D eigenvalue weighted by Gasteiger charge is 2.36. The lowest BCUT2D eigenvalue weighted by molar-refractivity contribution is -0.140. The summed E-state index contributed by atoms with van der Waals surface area (Å²) >= 11 is 0. The summed E-state index contributed by atoms with van der Waals surface area (Å²) in [7, 11) is 3.86. The molecule has 4 unspecified atom stereocenters. The molecule has 2 aliphatic rings. The number of amides is 2. The van der Waals surface area contributed by atoms with Crippen LogP contribution in [0.3, 0.4) is 0 Å². The highest BCUT2D eigenvalue weighted by atomic mass is 16.4. The zero-order chi connectivity index (χ0) is 15.6. The topological polar surface area (TPSA) is 93.1 Å². The summed E-state index contributed by atoms with van der Waals surface area (Å²) in [5, 5.41) is 21.6. The summed E-state index contributed by atoms with van der Waals surface area (Å²) in [6.07, 6.45) is 3.80. The van der Waals surface area contributed by atoms with E-state index in [-0.39, 0.29) is 18.1 Å². The van der Waals surface area contributed by atoms with Gasteiger partial charge in [0.15, 0.2) is 0 Å². The maximum Gasteiger partial charge on any atom is 0.318 e. The maximum atomic E-state index is 12.3. The van der Waals surface area contributed by atoms with E-state index in [1.807, 2.05) is 19.0 Å². The number of nitrogens with zero attached hydrogens (tertiary/aromatic N) is 2. The number of nitrogens with one attached hydrogen (secondary N) is 1. The van der Waals surface area contributed by atoms with Crippen molar-refractivity contribution >= 4 is 12.0 Å². The number of hydrogen-bond donors (Lipinski definition) is 3. The number of urea groups is 1. The Kier molecular flexibility index (Phi) is 4.84. The molecule has 1 saturated heterocycles. The standard InChI is InChI=1S/C14H23N3O4/c1-16(2)7-11-6-12(18)8-17(11)14(21)15-10-4-3-9(5-10)13(19)20/h3-4,9-12,18H,5-8H2,1-2H3,(H,15,21)(H,19,20). The number of carbonyl (C=O) groups excluding carboxylic acids is 1. The van der Waals surface area contributed by atoms with Crippen LogP contribution >= 0.6 is 0 Å². The van der Waals surface area contributed by atoms with Gasteiger partial charge >= 0.3 is 12.0 Å². The van der Waals surface area contributed by atoms with Gasteiger partial charge in [0.2, 0.25) is 0 Å². The van der Waals surface area contributed by atoms with Gasteiger partial charge in [-0.3, -0.25) is 4.79 Å². The lowest BCUT2D eigenvalue weighted by Crippen LogP contribution is -2.48. The molecule has 0 spiro atoms. The molecule has 0 aromatic rings. The number of aliphatic hydroxyl groups is 1. The van der Waals surface area contributed by atoms with Gasteiger partial charge in [0.25, 0.3) is 0 Å². The molecule has 2 rings (SSSR count). The minimum Gasteiger partial charge on any atom is -0.481 e. The van der Waals surface area contributed by atoms with E-state index < -0.39 is 18.0 Å². The Morgan fingerprint density at radius 1 is 1.33 bits per heavy atom. The third-order valence-electron chi connectivity index (χ3n) is 3.94. The van der Waals surface area contributed by atoms with Crippen molar-refractivity contribution in [3.05, 3.63) is 12.2 Å². The average molecular weight is 297 g/mol. The van der Waals surface area contributed by atoms with Crippen LogP contribution in [0.25, 0.3) is 0 Å². The first-order valence-corrected chi connectivity index (χ1v) is 7.18. The molecular formula is C14H23N3O4. The fourth-order valence-electron chi connectivity index (χ4n) is 2.97. The summed E-state index contributed by atoms with van der Waals surface area (Å²) in [6, 6.07) is -0.508. The molecule has 7 heteroatoms. The monoisotopic (exact) mass is 297 g/mol. The van der Waals surface area contributed by atoms with Gasteiger partial charge in [-0.1, -0.05) is 12.2 Å². The third kappa shape index (κ3) is 3.95. The molecule has 0 bridgehead atoms. The number of aliphatic carboxylic acids is 1. The van der Waals surface area contributed by atoms with Crippen LogP contribution in [0, 0.1) is 5.92 Å². The lowest BCUT2D eigenvalue weighted by Gasteiger charge is -2.28. The van der Waals surface area contributed by atoms with Gasteiger partial charge in [-0.15, -0.1) is 0 Å². The van der Waals surface area contributed by atoms with Crippen molar-refractivity contribution in [2.45, 2.75) is 31.0 Å². The van der Waals surface area contributed by atoms with Gasteiger partial charge in [-0.05, 0) is 26.9 Å². The number of carboxylic acids is 1. The summed E-state index contributed by atoms with van der Waals surface area (Å²) in [5.74, 6) is -1.40. The van der Waals surface area contributed by atoms with E-state index in [1.165, 1.54) is 0 Å². The molecule has 0 aromatic heterocycles. The predicted octanol–water partition coefficient (Wildman–Crippen LogP) is -0.278. The van der Waals surface area contributed by atoms with E-state index in [0.29, 0.717) is 25.9 Å². The Bertz CT molecular complexity index is 438. The van der Waals surface area contributed by atoms with Gasteiger partial charge < -0.3 is 25.3 Å². The van der Waals surface area contributed by atoms with E-state index in [0.717, 1.165) is 0 Å². The molecule has 0 radical (unpaired) electrons. The summed E-state index contributed by atoms with van der Waals surface area (Å²) in [6.45, 7) is 1.02. The first kappa shape index (κ1) is 15.8. The van der Waals surface area contributed by atoms with Crippen LogP contribution in [-0.4, -0.2) is 77.4 Å². The number of rotatable bonds is 4. The average Bonchev–Trinajstić information content (AvgIpc) is 2.95. The Balaban J connectivity index is 1.90. The molecule has 1 aliphatic heterocycles. The lowest BCUT2D eigenvalue weighted by atomic mass is 10.1. The normalized spacial score (nSPS) is 31.9. The van der Waals surface area contributed by atoms with Gasteiger partial charge in [0.05, 0.1) is 18.1 Å². The van der Waals surface area contributed by atoms with Crippen molar-refractivity contribution in [1.82, 2.24) is 15.1 Å². The Labute approximate surface area is 124 Å². The van der Waals surface area contributed by atoms with Crippen LogP contribution < -0.4 is 5.32 Å². The number of carbonyl (C=O) groups is 2. The smallest absolute Gasteiger partial charge is 0.318 e. The van der Waals surface area contributed by atoms with E-state index in [9.17, 15) is 14.7 Å². The first-order chi connectivity index (χ1) is 9.86. The highest BCUT2D eigenvalue weighted by molar-refractivity contribution is 5.77. The molecule has 2 amide bonds. The quantitative estimate of drug-likeness (QED) is 0.621. The Hall–Kier alpha value is -1.60. The molecule has 21 heavy (non-hydrogen) atoms. The van der Waals surface area contributed by atoms with E-state index >= 15 is 0 Å². The largest absolute Gasteiger partial charge is 0.481 e. The van der Waals surface area contributed by atoms with Crippen LogP contribution in [0.15, 0.2) is 12.2 Å². The van der Waals surface area contributed by atoms with Crippen molar-refractivity contribution in [3.8, 4) is 0 Å². The number of likely N-dealkylation sites (tertiary alicyclic amines) is 1. The Morgan fingerprint density at radius 2 is 2.05 bits per heavy atom.